The van der Waals surface area contributed by atoms with Crippen LogP contribution in [0.2, 0.25) is 0 Å². The highest BCUT2D eigenvalue weighted by Crippen LogP contribution is 2.39. The van der Waals surface area contributed by atoms with Gasteiger partial charge in [-0.3, -0.25) is 14.4 Å². The SMILES string of the molecule is CC(=O)O.C[C@@H]1NC(=O)C2(CCN(CCc3ccccc3)CC2)N(CC(C)(c2ccccc2)c2ccccc2)C1=O. The summed E-state index contributed by atoms with van der Waals surface area (Å²) in [5.41, 5.74) is 2.33. The number of benzene rings is 3. The summed E-state index contributed by atoms with van der Waals surface area (Å²) in [6, 6.07) is 30.7. The largest absolute Gasteiger partial charge is 0.481 e. The summed E-state index contributed by atoms with van der Waals surface area (Å²) >= 11 is 0. The molecule has 216 valence electrons. The van der Waals surface area contributed by atoms with Gasteiger partial charge in [-0.15, -0.1) is 0 Å². The van der Waals surface area contributed by atoms with Gasteiger partial charge in [0.25, 0.3) is 5.97 Å². The first kappa shape index (κ1) is 30.0. The molecule has 0 aromatic heterocycles. The maximum Gasteiger partial charge on any atom is 0.300 e. The Labute approximate surface area is 243 Å². The van der Waals surface area contributed by atoms with E-state index in [-0.39, 0.29) is 11.8 Å². The first-order valence-electron chi connectivity index (χ1n) is 14.3. The minimum atomic E-state index is -0.833. The lowest BCUT2D eigenvalue weighted by Gasteiger charge is -2.53. The molecule has 0 aliphatic carbocycles. The molecule has 1 atom stereocenters. The van der Waals surface area contributed by atoms with Crippen LogP contribution in [0.25, 0.3) is 0 Å². The number of likely N-dealkylation sites (tertiary alicyclic amines) is 1. The fourth-order valence-electron chi connectivity index (χ4n) is 6.04. The molecule has 0 radical (unpaired) electrons. The Bertz CT molecular complexity index is 1260. The van der Waals surface area contributed by atoms with Gasteiger partial charge in [0.05, 0.1) is 0 Å². The van der Waals surface area contributed by atoms with Gasteiger partial charge in [0.2, 0.25) is 11.8 Å². The summed E-state index contributed by atoms with van der Waals surface area (Å²) in [7, 11) is 0. The fourth-order valence-corrected chi connectivity index (χ4v) is 6.04. The molecule has 3 aromatic carbocycles. The highest BCUT2D eigenvalue weighted by molar-refractivity contribution is 5.99. The molecule has 2 amide bonds. The van der Waals surface area contributed by atoms with Crippen molar-refractivity contribution in [1.82, 2.24) is 15.1 Å². The van der Waals surface area contributed by atoms with Crippen molar-refractivity contribution in [2.45, 2.75) is 57.0 Å². The number of hydrogen-bond donors (Lipinski definition) is 2. The number of carboxylic acid groups (broad SMARTS) is 1. The summed E-state index contributed by atoms with van der Waals surface area (Å²) in [5.74, 6) is -0.832. The van der Waals surface area contributed by atoms with Crippen LogP contribution in [-0.2, 0) is 26.2 Å². The molecule has 0 bridgehead atoms. The van der Waals surface area contributed by atoms with Gasteiger partial charge >= 0.3 is 0 Å². The molecule has 2 N–H and O–H groups in total. The average molecular weight is 556 g/mol. The van der Waals surface area contributed by atoms with E-state index in [1.807, 2.05) is 47.4 Å². The summed E-state index contributed by atoms with van der Waals surface area (Å²) in [6.07, 6.45) is 2.28. The lowest BCUT2D eigenvalue weighted by molar-refractivity contribution is -0.161. The lowest BCUT2D eigenvalue weighted by atomic mass is 9.73. The molecule has 0 saturated carbocycles. The number of carbonyl (C=O) groups excluding carboxylic acids is 2. The molecule has 0 unspecified atom stereocenters. The second kappa shape index (κ2) is 13.1. The molecular formula is C34H41N3O4. The van der Waals surface area contributed by atoms with Crippen molar-refractivity contribution >= 4 is 17.8 Å². The van der Waals surface area contributed by atoms with E-state index in [0.29, 0.717) is 19.4 Å². The van der Waals surface area contributed by atoms with Crippen LogP contribution >= 0.6 is 0 Å². The number of carbonyl (C=O) groups is 3. The van der Waals surface area contributed by atoms with Crippen molar-refractivity contribution in [1.29, 1.82) is 0 Å². The number of hydrogen-bond acceptors (Lipinski definition) is 4. The van der Waals surface area contributed by atoms with E-state index in [1.165, 1.54) is 5.56 Å². The van der Waals surface area contributed by atoms with E-state index in [4.69, 9.17) is 9.90 Å². The Kier molecular flexibility index (Phi) is 9.61. The maximum atomic E-state index is 13.8. The predicted molar refractivity (Wildman–Crippen MR) is 161 cm³/mol. The van der Waals surface area contributed by atoms with Gasteiger partial charge in [-0.05, 0) is 49.8 Å². The van der Waals surface area contributed by atoms with Gasteiger partial charge in [0, 0.05) is 38.5 Å². The number of aliphatic carboxylic acids is 1. The minimum Gasteiger partial charge on any atom is -0.481 e. The van der Waals surface area contributed by atoms with Crippen molar-refractivity contribution in [3.05, 3.63) is 108 Å². The van der Waals surface area contributed by atoms with Crippen LogP contribution in [0, 0.1) is 0 Å². The maximum absolute atomic E-state index is 13.8. The van der Waals surface area contributed by atoms with Crippen LogP contribution < -0.4 is 5.32 Å². The van der Waals surface area contributed by atoms with Gasteiger partial charge in [-0.25, -0.2) is 0 Å². The Morgan fingerprint density at radius 3 is 1.85 bits per heavy atom. The average Bonchev–Trinajstić information content (AvgIpc) is 2.99. The van der Waals surface area contributed by atoms with Gasteiger partial charge in [0.1, 0.15) is 11.6 Å². The van der Waals surface area contributed by atoms with E-state index in [0.717, 1.165) is 44.1 Å². The zero-order valence-electron chi connectivity index (χ0n) is 24.3. The standard InChI is InChI=1S/C32H37N3O2.C2H4O2/c1-25-29(36)35(24-31(2,27-14-8-4-9-15-27)28-16-10-5-11-17-28)32(30(37)33-25)19-22-34(23-20-32)21-18-26-12-6-3-7-13-26;1-2(3)4/h3-17,25H,18-24H2,1-2H3,(H,33,37);1H3,(H,3,4)/t25-;/m0./s1. The smallest absolute Gasteiger partial charge is 0.300 e. The number of carboxylic acids is 1. The monoisotopic (exact) mass is 555 g/mol. The zero-order valence-corrected chi connectivity index (χ0v) is 24.3. The van der Waals surface area contributed by atoms with Crippen LogP contribution in [0.5, 0.6) is 0 Å². The number of amides is 2. The van der Waals surface area contributed by atoms with E-state index in [9.17, 15) is 9.59 Å². The number of piperazine rings is 1. The summed E-state index contributed by atoms with van der Waals surface area (Å²) in [5, 5.41) is 10.4. The van der Waals surface area contributed by atoms with Gasteiger partial charge in [-0.2, -0.15) is 0 Å². The molecule has 1 spiro atoms. The fraction of sp³-hybridized carbons (Fsp3) is 0.382. The van der Waals surface area contributed by atoms with Crippen LogP contribution in [0.3, 0.4) is 0 Å². The van der Waals surface area contributed by atoms with Gasteiger partial charge < -0.3 is 20.2 Å². The van der Waals surface area contributed by atoms with Crippen molar-refractivity contribution in [3.8, 4) is 0 Å². The zero-order chi connectivity index (χ0) is 29.5. The molecule has 2 aliphatic heterocycles. The van der Waals surface area contributed by atoms with Crippen LogP contribution in [0.4, 0.5) is 0 Å². The minimum absolute atomic E-state index is 0.00853. The molecule has 2 saturated heterocycles. The van der Waals surface area contributed by atoms with Crippen molar-refractivity contribution < 1.29 is 19.5 Å². The highest BCUT2D eigenvalue weighted by atomic mass is 16.4. The summed E-state index contributed by atoms with van der Waals surface area (Å²) in [6.45, 7) is 8.10. The van der Waals surface area contributed by atoms with E-state index < -0.39 is 23.0 Å². The number of rotatable bonds is 7. The number of piperidine rings is 1. The number of nitrogens with zero attached hydrogens (tertiary/aromatic N) is 2. The third kappa shape index (κ3) is 6.85. The van der Waals surface area contributed by atoms with Crippen molar-refractivity contribution in [2.75, 3.05) is 26.2 Å². The highest BCUT2D eigenvalue weighted by Gasteiger charge is 2.54. The predicted octanol–water partition coefficient (Wildman–Crippen LogP) is 4.51. The third-order valence-corrected chi connectivity index (χ3v) is 8.46. The molecule has 41 heavy (non-hydrogen) atoms. The first-order valence-corrected chi connectivity index (χ1v) is 14.3. The summed E-state index contributed by atoms with van der Waals surface area (Å²) in [4.78, 5) is 40.8. The Hall–Kier alpha value is -3.97. The lowest BCUT2D eigenvalue weighted by Crippen LogP contribution is -2.73. The van der Waals surface area contributed by atoms with Gasteiger partial charge in [-0.1, -0.05) is 91.0 Å². The molecule has 7 heteroatoms. The Morgan fingerprint density at radius 1 is 0.902 bits per heavy atom. The van der Waals surface area contributed by atoms with Crippen molar-refractivity contribution in [3.63, 3.8) is 0 Å². The molecule has 2 heterocycles. The van der Waals surface area contributed by atoms with E-state index in [1.54, 1.807) is 6.92 Å². The quantitative estimate of drug-likeness (QED) is 0.448. The summed E-state index contributed by atoms with van der Waals surface area (Å²) < 4.78 is 0. The Morgan fingerprint density at radius 2 is 1.37 bits per heavy atom. The number of nitrogens with one attached hydrogen (secondary N) is 1. The second-order valence-corrected chi connectivity index (χ2v) is 11.3. The molecule has 2 fully saturated rings. The molecular weight excluding hydrogens is 514 g/mol. The van der Waals surface area contributed by atoms with E-state index >= 15 is 0 Å². The first-order chi connectivity index (χ1) is 19.7. The van der Waals surface area contributed by atoms with Crippen LogP contribution in [0.15, 0.2) is 91.0 Å². The third-order valence-electron chi connectivity index (χ3n) is 8.46. The molecule has 5 rings (SSSR count). The Balaban J connectivity index is 0.000000909. The van der Waals surface area contributed by atoms with Gasteiger partial charge in [0.15, 0.2) is 0 Å². The van der Waals surface area contributed by atoms with Crippen LogP contribution in [-0.4, -0.2) is 70.4 Å². The van der Waals surface area contributed by atoms with Crippen LogP contribution in [0.1, 0.15) is 50.3 Å². The van der Waals surface area contributed by atoms with Crippen molar-refractivity contribution in [2.24, 2.45) is 0 Å². The molecule has 7 nitrogen and oxygen atoms in total. The topological polar surface area (TPSA) is 89.9 Å². The molecule has 3 aromatic rings. The van der Waals surface area contributed by atoms with E-state index in [2.05, 4.69) is 65.7 Å². The second-order valence-electron chi connectivity index (χ2n) is 11.3. The molecule has 2 aliphatic rings. The normalized spacial score (nSPS) is 18.8.